The van der Waals surface area contributed by atoms with Crippen molar-refractivity contribution in [2.75, 3.05) is 51.2 Å². The highest BCUT2D eigenvalue weighted by atomic mass is 35.5. The Bertz CT molecular complexity index is 419. The van der Waals surface area contributed by atoms with Crippen molar-refractivity contribution < 1.29 is 0 Å². The monoisotopic (exact) mass is 367 g/mol. The molecule has 128 valence electrons. The van der Waals surface area contributed by atoms with E-state index in [9.17, 15) is 0 Å². The highest BCUT2D eigenvalue weighted by molar-refractivity contribution is 5.86. The van der Waals surface area contributed by atoms with Crippen molar-refractivity contribution in [3.63, 3.8) is 0 Å². The van der Waals surface area contributed by atoms with Crippen LogP contribution in [0, 0.1) is 0 Å². The number of anilines is 1. The van der Waals surface area contributed by atoms with E-state index in [1.54, 1.807) is 5.56 Å². The van der Waals surface area contributed by atoms with Gasteiger partial charge in [-0.25, -0.2) is 0 Å². The minimum absolute atomic E-state index is 0. The predicted octanol–water partition coefficient (Wildman–Crippen LogP) is 3.17. The van der Waals surface area contributed by atoms with Crippen LogP contribution >= 0.6 is 37.2 Å². The summed E-state index contributed by atoms with van der Waals surface area (Å²) >= 11 is 0. The summed E-state index contributed by atoms with van der Waals surface area (Å²) < 4.78 is 0. The van der Waals surface area contributed by atoms with Crippen LogP contribution in [0.4, 0.5) is 5.69 Å². The minimum atomic E-state index is 0. The molecule has 1 aromatic carbocycles. The number of hydrogen-bond acceptors (Lipinski definition) is 3. The van der Waals surface area contributed by atoms with Crippen molar-refractivity contribution in [2.24, 2.45) is 0 Å². The normalized spacial score (nSPS) is 18.0. The number of para-hydroxylation sites is 1. The second-order valence-electron chi connectivity index (χ2n) is 5.77. The molecule has 0 amide bonds. The Morgan fingerprint density at radius 3 is 2.23 bits per heavy atom. The first-order valence-electron chi connectivity index (χ1n) is 7.59. The molecule has 3 nitrogen and oxygen atoms in total. The quantitative estimate of drug-likeness (QED) is 0.861. The van der Waals surface area contributed by atoms with Gasteiger partial charge in [-0.05, 0) is 37.4 Å². The van der Waals surface area contributed by atoms with E-state index in [0.717, 1.165) is 12.5 Å². The molecule has 1 aliphatic carbocycles. The third-order valence-corrected chi connectivity index (χ3v) is 4.34. The molecule has 0 bridgehead atoms. The summed E-state index contributed by atoms with van der Waals surface area (Å²) in [5.74, 6) is 0.846. The van der Waals surface area contributed by atoms with Gasteiger partial charge in [0.2, 0.25) is 0 Å². The molecule has 0 radical (unpaired) electrons. The molecule has 2 aliphatic rings. The molecule has 0 spiro atoms. The molecule has 6 heteroatoms. The maximum Gasteiger partial charge on any atom is 0.0402 e. The van der Waals surface area contributed by atoms with Gasteiger partial charge in [0.15, 0.2) is 0 Å². The number of nitrogens with zero attached hydrogens (tertiary/aromatic N) is 2. The Hall–Kier alpha value is -0.190. The lowest BCUT2D eigenvalue weighted by Crippen LogP contribution is -2.48. The fraction of sp³-hybridized carbons (Fsp3) is 0.625. The van der Waals surface area contributed by atoms with E-state index in [4.69, 9.17) is 0 Å². The number of piperazine rings is 1. The van der Waals surface area contributed by atoms with Gasteiger partial charge >= 0.3 is 0 Å². The summed E-state index contributed by atoms with van der Waals surface area (Å²) in [5, 5.41) is 3.23. The van der Waals surface area contributed by atoms with Crippen LogP contribution in [0.1, 0.15) is 24.3 Å². The third kappa shape index (κ3) is 5.47. The van der Waals surface area contributed by atoms with Crippen molar-refractivity contribution >= 4 is 42.9 Å². The summed E-state index contributed by atoms with van der Waals surface area (Å²) in [7, 11) is 2.03. The van der Waals surface area contributed by atoms with E-state index in [2.05, 4.69) is 39.4 Å². The topological polar surface area (TPSA) is 18.5 Å². The molecule has 1 N–H and O–H groups in total. The molecular weight excluding hydrogens is 341 g/mol. The van der Waals surface area contributed by atoms with Crippen LogP contribution in [0.25, 0.3) is 0 Å². The number of nitrogens with one attached hydrogen (secondary N) is 1. The first-order chi connectivity index (χ1) is 9.38. The van der Waals surface area contributed by atoms with Crippen LogP contribution in [0.2, 0.25) is 0 Å². The third-order valence-electron chi connectivity index (χ3n) is 4.34. The van der Waals surface area contributed by atoms with E-state index in [0.29, 0.717) is 0 Å². The largest absolute Gasteiger partial charge is 0.369 e. The second-order valence-corrected chi connectivity index (χ2v) is 5.77. The summed E-state index contributed by atoms with van der Waals surface area (Å²) in [6.45, 7) is 7.01. The molecule has 0 aromatic heterocycles. The van der Waals surface area contributed by atoms with Gasteiger partial charge < -0.3 is 10.2 Å². The van der Waals surface area contributed by atoms with Gasteiger partial charge in [-0.1, -0.05) is 18.2 Å². The number of benzene rings is 1. The van der Waals surface area contributed by atoms with Gasteiger partial charge in [-0.2, -0.15) is 0 Å². The molecular formula is C16H28Cl3N3. The van der Waals surface area contributed by atoms with E-state index in [1.807, 2.05) is 7.05 Å². The average molecular weight is 369 g/mol. The van der Waals surface area contributed by atoms with Crippen molar-refractivity contribution in [3.05, 3.63) is 29.8 Å². The van der Waals surface area contributed by atoms with Crippen LogP contribution in [-0.2, 0) is 0 Å². The smallest absolute Gasteiger partial charge is 0.0402 e. The Balaban J connectivity index is 0.00000147. The molecule has 3 rings (SSSR count). The lowest BCUT2D eigenvalue weighted by molar-refractivity contribution is 0.259. The Morgan fingerprint density at radius 2 is 1.64 bits per heavy atom. The lowest BCUT2D eigenvalue weighted by Gasteiger charge is -2.37. The fourth-order valence-electron chi connectivity index (χ4n) is 3.00. The van der Waals surface area contributed by atoms with E-state index < -0.39 is 0 Å². The molecule has 0 atom stereocenters. The van der Waals surface area contributed by atoms with E-state index in [1.165, 1.54) is 51.3 Å². The fourth-order valence-corrected chi connectivity index (χ4v) is 3.00. The Kier molecular flexibility index (Phi) is 10.5. The van der Waals surface area contributed by atoms with Gasteiger partial charge in [0.1, 0.15) is 0 Å². The van der Waals surface area contributed by atoms with Crippen LogP contribution < -0.4 is 10.2 Å². The molecule has 1 saturated carbocycles. The Labute approximate surface area is 153 Å². The Morgan fingerprint density at radius 1 is 1.00 bits per heavy atom. The zero-order chi connectivity index (χ0) is 13.1. The first-order valence-corrected chi connectivity index (χ1v) is 7.59. The standard InChI is InChI=1S/C16H25N3.3ClH/c1-17-8-9-18-10-12-19(13-11-18)16-5-3-2-4-15(16)14-6-7-14;;;/h2-5,14,17H,6-13H2,1H3;3*1H. The second kappa shape index (κ2) is 10.6. The minimum Gasteiger partial charge on any atom is -0.369 e. The SMILES string of the molecule is CNCCN1CCN(c2ccccc2C2CC2)CC1.Cl.Cl.Cl. The van der Waals surface area contributed by atoms with Crippen molar-refractivity contribution in [1.29, 1.82) is 0 Å². The molecule has 1 saturated heterocycles. The summed E-state index contributed by atoms with van der Waals surface area (Å²) in [6.07, 6.45) is 2.78. The molecule has 0 unspecified atom stereocenters. The van der Waals surface area contributed by atoms with E-state index >= 15 is 0 Å². The van der Waals surface area contributed by atoms with Gasteiger partial charge in [0.25, 0.3) is 0 Å². The summed E-state index contributed by atoms with van der Waals surface area (Å²) in [6, 6.07) is 9.03. The summed E-state index contributed by atoms with van der Waals surface area (Å²) in [5.41, 5.74) is 3.09. The summed E-state index contributed by atoms with van der Waals surface area (Å²) in [4.78, 5) is 5.15. The van der Waals surface area contributed by atoms with Crippen LogP contribution in [0.15, 0.2) is 24.3 Å². The van der Waals surface area contributed by atoms with Gasteiger partial charge in [0, 0.05) is 45.0 Å². The van der Waals surface area contributed by atoms with Crippen LogP contribution in [-0.4, -0.2) is 51.2 Å². The predicted molar refractivity (Wildman–Crippen MR) is 103 cm³/mol. The number of likely N-dealkylation sites (N-methyl/N-ethyl adjacent to an activating group) is 1. The molecule has 22 heavy (non-hydrogen) atoms. The maximum absolute atomic E-state index is 3.23. The molecule has 1 heterocycles. The zero-order valence-electron chi connectivity index (χ0n) is 13.2. The van der Waals surface area contributed by atoms with Crippen molar-refractivity contribution in [1.82, 2.24) is 10.2 Å². The van der Waals surface area contributed by atoms with Gasteiger partial charge in [-0.3, -0.25) is 4.90 Å². The van der Waals surface area contributed by atoms with Crippen molar-refractivity contribution in [3.8, 4) is 0 Å². The number of rotatable bonds is 5. The van der Waals surface area contributed by atoms with Crippen LogP contribution in [0.5, 0.6) is 0 Å². The number of hydrogen-bond donors (Lipinski definition) is 1. The lowest BCUT2D eigenvalue weighted by atomic mass is 10.1. The average Bonchev–Trinajstić information content (AvgIpc) is 3.30. The highest BCUT2D eigenvalue weighted by Crippen LogP contribution is 2.44. The van der Waals surface area contributed by atoms with Gasteiger partial charge in [-0.15, -0.1) is 37.2 Å². The van der Waals surface area contributed by atoms with E-state index in [-0.39, 0.29) is 37.2 Å². The first kappa shape index (κ1) is 21.8. The van der Waals surface area contributed by atoms with Gasteiger partial charge in [0.05, 0.1) is 0 Å². The maximum atomic E-state index is 3.23. The highest BCUT2D eigenvalue weighted by Gasteiger charge is 2.28. The van der Waals surface area contributed by atoms with Crippen LogP contribution in [0.3, 0.4) is 0 Å². The molecule has 1 aromatic rings. The molecule has 1 aliphatic heterocycles. The molecule has 2 fully saturated rings. The number of halogens is 3. The van der Waals surface area contributed by atoms with Crippen molar-refractivity contribution in [2.45, 2.75) is 18.8 Å². The zero-order valence-corrected chi connectivity index (χ0v) is 15.6.